The molecule has 0 unspecified atom stereocenters. The van der Waals surface area contributed by atoms with Gasteiger partial charge in [-0.3, -0.25) is 4.99 Å². The summed E-state index contributed by atoms with van der Waals surface area (Å²) in [6.07, 6.45) is 0. The van der Waals surface area contributed by atoms with Gasteiger partial charge in [0.05, 0.1) is 24.3 Å². The molecule has 4 rings (SSSR count). The Kier molecular flexibility index (Phi) is 6.31. The molecule has 1 aliphatic rings. The molecule has 0 atom stereocenters. The standard InChI is InChI=1S/C21H25N5OS2/c1-22-21(26-11-9-25(10-12-26)19-4-3-13-28-19)23-14-17-15-29-20(24-17)16-5-7-18(27-2)8-6-16/h3-8,13,15H,9-12,14H2,1-2H3,(H,22,23). The number of rotatable bonds is 5. The topological polar surface area (TPSA) is 53.0 Å². The lowest BCUT2D eigenvalue weighted by Gasteiger charge is -2.36. The van der Waals surface area contributed by atoms with Crippen LogP contribution >= 0.6 is 22.7 Å². The van der Waals surface area contributed by atoms with Gasteiger partial charge in [-0.2, -0.15) is 0 Å². The van der Waals surface area contributed by atoms with Crippen LogP contribution in [0, 0.1) is 0 Å². The second-order valence-corrected chi connectivity index (χ2v) is 8.48. The molecule has 29 heavy (non-hydrogen) atoms. The number of anilines is 1. The van der Waals surface area contributed by atoms with E-state index in [9.17, 15) is 0 Å². The SMILES string of the molecule is CN=C(NCc1csc(-c2ccc(OC)cc2)n1)N1CCN(c2cccs2)CC1. The number of nitrogens with zero attached hydrogens (tertiary/aromatic N) is 4. The van der Waals surface area contributed by atoms with Crippen molar-refractivity contribution >= 4 is 33.6 Å². The molecule has 1 aromatic carbocycles. The number of benzene rings is 1. The first-order valence-corrected chi connectivity index (χ1v) is 11.4. The maximum atomic E-state index is 5.23. The highest BCUT2D eigenvalue weighted by atomic mass is 32.1. The zero-order valence-corrected chi connectivity index (χ0v) is 18.3. The van der Waals surface area contributed by atoms with Crippen molar-refractivity contribution in [2.45, 2.75) is 6.54 Å². The fourth-order valence-corrected chi connectivity index (χ4v) is 4.96. The van der Waals surface area contributed by atoms with Gasteiger partial charge in [-0.25, -0.2) is 4.98 Å². The molecule has 8 heteroatoms. The van der Waals surface area contributed by atoms with Crippen LogP contribution in [0.1, 0.15) is 5.69 Å². The lowest BCUT2D eigenvalue weighted by atomic mass is 10.2. The minimum Gasteiger partial charge on any atom is -0.497 e. The first-order valence-electron chi connectivity index (χ1n) is 9.59. The zero-order chi connectivity index (χ0) is 20.1. The molecule has 0 bridgehead atoms. The van der Waals surface area contributed by atoms with Crippen LogP contribution in [0.25, 0.3) is 10.6 Å². The molecule has 1 aliphatic heterocycles. The highest BCUT2D eigenvalue weighted by molar-refractivity contribution is 7.14. The van der Waals surface area contributed by atoms with E-state index in [0.717, 1.165) is 54.2 Å². The van der Waals surface area contributed by atoms with Gasteiger partial charge in [-0.15, -0.1) is 22.7 Å². The number of aliphatic imine (C=N–C) groups is 1. The Hall–Kier alpha value is -2.58. The largest absolute Gasteiger partial charge is 0.497 e. The summed E-state index contributed by atoms with van der Waals surface area (Å²) in [5.41, 5.74) is 2.13. The second kappa shape index (κ2) is 9.28. The van der Waals surface area contributed by atoms with Gasteiger partial charge in [0, 0.05) is 44.2 Å². The summed E-state index contributed by atoms with van der Waals surface area (Å²) in [6.45, 7) is 4.63. The Balaban J connectivity index is 1.31. The highest BCUT2D eigenvalue weighted by Gasteiger charge is 2.20. The lowest BCUT2D eigenvalue weighted by molar-refractivity contribution is 0.373. The Morgan fingerprint density at radius 2 is 1.93 bits per heavy atom. The van der Waals surface area contributed by atoms with Gasteiger partial charge in [-0.1, -0.05) is 0 Å². The van der Waals surface area contributed by atoms with Crippen LogP contribution in [-0.4, -0.2) is 56.2 Å². The van der Waals surface area contributed by atoms with E-state index in [-0.39, 0.29) is 0 Å². The third-order valence-electron chi connectivity index (χ3n) is 4.93. The molecule has 0 saturated carbocycles. The fourth-order valence-electron chi connectivity index (χ4n) is 3.34. The number of hydrogen-bond donors (Lipinski definition) is 1. The van der Waals surface area contributed by atoms with Crippen molar-refractivity contribution in [3.8, 4) is 16.3 Å². The number of hydrogen-bond acceptors (Lipinski definition) is 6. The molecule has 2 aromatic heterocycles. The number of thiophene rings is 1. The summed E-state index contributed by atoms with van der Waals surface area (Å²) in [5.74, 6) is 1.80. The number of ether oxygens (including phenoxy) is 1. The summed E-state index contributed by atoms with van der Waals surface area (Å²) in [4.78, 5) is 14.0. The summed E-state index contributed by atoms with van der Waals surface area (Å²) in [5, 5.41) is 10.1. The summed E-state index contributed by atoms with van der Waals surface area (Å²) in [7, 11) is 3.52. The van der Waals surface area contributed by atoms with Gasteiger partial charge in [-0.05, 0) is 41.8 Å². The van der Waals surface area contributed by atoms with E-state index in [4.69, 9.17) is 9.72 Å². The Morgan fingerprint density at radius 1 is 1.14 bits per heavy atom. The molecule has 0 amide bonds. The number of piperazine rings is 1. The minimum atomic E-state index is 0.671. The van der Waals surface area contributed by atoms with Gasteiger partial charge in [0.2, 0.25) is 0 Å². The van der Waals surface area contributed by atoms with E-state index in [1.54, 1.807) is 29.8 Å². The third kappa shape index (κ3) is 4.71. The zero-order valence-electron chi connectivity index (χ0n) is 16.7. The molecule has 0 radical (unpaired) electrons. The van der Waals surface area contributed by atoms with E-state index in [2.05, 4.69) is 43.0 Å². The normalized spacial score (nSPS) is 14.9. The van der Waals surface area contributed by atoms with E-state index in [1.165, 1.54) is 5.00 Å². The van der Waals surface area contributed by atoms with Crippen LogP contribution in [-0.2, 0) is 6.54 Å². The lowest BCUT2D eigenvalue weighted by Crippen LogP contribution is -2.52. The maximum Gasteiger partial charge on any atom is 0.194 e. The van der Waals surface area contributed by atoms with Crippen LogP contribution in [0.3, 0.4) is 0 Å². The van der Waals surface area contributed by atoms with Crippen molar-refractivity contribution in [1.29, 1.82) is 0 Å². The molecule has 6 nitrogen and oxygen atoms in total. The molecular weight excluding hydrogens is 402 g/mol. The fraction of sp³-hybridized carbons (Fsp3) is 0.333. The summed E-state index contributed by atoms with van der Waals surface area (Å²) < 4.78 is 5.23. The first kappa shape index (κ1) is 19.7. The smallest absolute Gasteiger partial charge is 0.194 e. The van der Waals surface area contributed by atoms with Crippen molar-refractivity contribution < 1.29 is 4.74 Å². The highest BCUT2D eigenvalue weighted by Crippen LogP contribution is 2.26. The molecule has 0 aliphatic carbocycles. The van der Waals surface area contributed by atoms with E-state index in [1.807, 2.05) is 31.3 Å². The molecular formula is C21H25N5OS2. The Morgan fingerprint density at radius 3 is 2.59 bits per heavy atom. The number of aromatic nitrogens is 1. The van der Waals surface area contributed by atoms with Gasteiger partial charge < -0.3 is 19.9 Å². The summed E-state index contributed by atoms with van der Waals surface area (Å²) in [6, 6.07) is 12.3. The molecule has 1 fully saturated rings. The van der Waals surface area contributed by atoms with Gasteiger partial charge >= 0.3 is 0 Å². The number of methoxy groups -OCH3 is 1. The molecule has 3 aromatic rings. The van der Waals surface area contributed by atoms with Crippen molar-refractivity contribution in [3.05, 3.63) is 52.9 Å². The molecule has 152 valence electrons. The van der Waals surface area contributed by atoms with Crippen LogP contribution in [0.5, 0.6) is 5.75 Å². The first-order chi connectivity index (χ1) is 14.3. The van der Waals surface area contributed by atoms with Gasteiger partial charge in [0.25, 0.3) is 0 Å². The summed E-state index contributed by atoms with van der Waals surface area (Å²) >= 11 is 3.46. The molecule has 1 saturated heterocycles. The average molecular weight is 428 g/mol. The molecule has 3 heterocycles. The number of nitrogens with one attached hydrogen (secondary N) is 1. The Labute approximate surface area is 179 Å². The second-order valence-electron chi connectivity index (χ2n) is 6.70. The maximum absolute atomic E-state index is 5.23. The van der Waals surface area contributed by atoms with Crippen LogP contribution in [0.4, 0.5) is 5.00 Å². The van der Waals surface area contributed by atoms with Gasteiger partial charge in [0.1, 0.15) is 10.8 Å². The number of thiazole rings is 1. The number of guanidine groups is 1. The quantitative estimate of drug-likeness (QED) is 0.496. The van der Waals surface area contributed by atoms with Crippen molar-refractivity contribution in [1.82, 2.24) is 15.2 Å². The van der Waals surface area contributed by atoms with Crippen LogP contribution in [0.2, 0.25) is 0 Å². The average Bonchev–Trinajstić information content (AvgIpc) is 3.47. The predicted octanol–water partition coefficient (Wildman–Crippen LogP) is 3.78. The van der Waals surface area contributed by atoms with E-state index >= 15 is 0 Å². The Bertz CT molecular complexity index is 928. The van der Waals surface area contributed by atoms with Crippen LogP contribution < -0.4 is 15.0 Å². The third-order valence-corrected chi connectivity index (χ3v) is 6.79. The van der Waals surface area contributed by atoms with E-state index in [0.29, 0.717) is 6.54 Å². The van der Waals surface area contributed by atoms with Gasteiger partial charge in [0.15, 0.2) is 5.96 Å². The van der Waals surface area contributed by atoms with Crippen molar-refractivity contribution in [2.24, 2.45) is 4.99 Å². The molecule has 1 N–H and O–H groups in total. The van der Waals surface area contributed by atoms with Crippen molar-refractivity contribution in [2.75, 3.05) is 45.2 Å². The predicted molar refractivity (Wildman–Crippen MR) is 122 cm³/mol. The van der Waals surface area contributed by atoms with E-state index < -0.39 is 0 Å². The van der Waals surface area contributed by atoms with Crippen LogP contribution in [0.15, 0.2) is 52.2 Å². The van der Waals surface area contributed by atoms with Crippen molar-refractivity contribution in [3.63, 3.8) is 0 Å². The monoisotopic (exact) mass is 427 g/mol. The molecule has 0 spiro atoms. The minimum absolute atomic E-state index is 0.671.